The molecule has 1 fully saturated rings. The number of aromatic amines is 1. The van der Waals surface area contributed by atoms with Crippen molar-refractivity contribution in [3.8, 4) is 5.75 Å². The van der Waals surface area contributed by atoms with Crippen molar-refractivity contribution in [2.45, 2.75) is 45.4 Å². The van der Waals surface area contributed by atoms with Crippen LogP contribution in [0.15, 0.2) is 42.6 Å². The lowest BCUT2D eigenvalue weighted by Gasteiger charge is -2.40. The molecule has 32 heavy (non-hydrogen) atoms. The molecule has 0 spiro atoms. The average molecular weight is 459 g/mol. The molecular weight excluding hydrogens is 428 g/mol. The van der Waals surface area contributed by atoms with Crippen molar-refractivity contribution >= 4 is 29.3 Å². The van der Waals surface area contributed by atoms with Crippen molar-refractivity contribution in [1.29, 1.82) is 0 Å². The number of hydrogen-bond acceptors (Lipinski definition) is 4. The molecule has 0 bridgehead atoms. The summed E-state index contributed by atoms with van der Waals surface area (Å²) < 4.78 is 11.7. The summed E-state index contributed by atoms with van der Waals surface area (Å²) in [7, 11) is 1.72. The van der Waals surface area contributed by atoms with E-state index in [4.69, 9.17) is 9.47 Å². The van der Waals surface area contributed by atoms with E-state index in [0.717, 1.165) is 48.3 Å². The average Bonchev–Trinajstić information content (AvgIpc) is 3.27. The second kappa shape index (κ2) is 10.4. The van der Waals surface area contributed by atoms with E-state index in [1.807, 2.05) is 25.3 Å². The molecule has 1 aromatic heterocycles. The summed E-state index contributed by atoms with van der Waals surface area (Å²) >= 11 is 0. The molecule has 0 amide bonds. The number of ether oxygens (including phenoxy) is 2. The standard InChI is InChI=1S/C25H30N2O4.ClH/c1-4-31-19-10-12-27(22(14-19)17-5-7-18(8-6-17)25(28)29)15-21-20-9-11-26-24(20)16(2)13-23(21)30-3;/h5-9,11,13,19,22,26H,4,10,12,14-15H2,1-3H3,(H,28,29);1H. The maximum Gasteiger partial charge on any atom is 0.335 e. The van der Waals surface area contributed by atoms with Crippen molar-refractivity contribution < 1.29 is 19.4 Å². The number of nitrogens with one attached hydrogen (secondary N) is 1. The lowest BCUT2D eigenvalue weighted by atomic mass is 9.91. The van der Waals surface area contributed by atoms with Crippen molar-refractivity contribution in [1.82, 2.24) is 9.88 Å². The summed E-state index contributed by atoms with van der Waals surface area (Å²) in [4.78, 5) is 17.1. The van der Waals surface area contributed by atoms with Crippen LogP contribution < -0.4 is 4.74 Å². The first-order chi connectivity index (χ1) is 15.0. The van der Waals surface area contributed by atoms with Gasteiger partial charge in [0.2, 0.25) is 0 Å². The van der Waals surface area contributed by atoms with Gasteiger partial charge in [-0.2, -0.15) is 0 Å². The van der Waals surface area contributed by atoms with E-state index in [1.165, 1.54) is 10.9 Å². The summed E-state index contributed by atoms with van der Waals surface area (Å²) in [6.07, 6.45) is 4.04. The molecule has 1 aliphatic rings. The van der Waals surface area contributed by atoms with Gasteiger partial charge in [0.05, 0.1) is 18.8 Å². The number of rotatable bonds is 7. The first-order valence-electron chi connectivity index (χ1n) is 10.8. The first kappa shape index (κ1) is 24.1. The molecule has 1 aliphatic heterocycles. The summed E-state index contributed by atoms with van der Waals surface area (Å²) in [6.45, 7) is 6.47. The van der Waals surface area contributed by atoms with Gasteiger partial charge in [-0.15, -0.1) is 12.4 Å². The van der Waals surface area contributed by atoms with Gasteiger partial charge < -0.3 is 19.6 Å². The number of aromatic carboxylic acids is 1. The second-order valence-electron chi connectivity index (χ2n) is 8.16. The van der Waals surface area contributed by atoms with Gasteiger partial charge in [0.1, 0.15) is 5.75 Å². The molecule has 2 aromatic carbocycles. The number of benzene rings is 2. The largest absolute Gasteiger partial charge is 0.496 e. The third-order valence-corrected chi connectivity index (χ3v) is 6.30. The van der Waals surface area contributed by atoms with Crippen LogP contribution in [-0.4, -0.2) is 47.3 Å². The Kier molecular flexibility index (Phi) is 7.82. The SMILES string of the molecule is CCOC1CCN(Cc2c(OC)cc(C)c3[nH]ccc23)C(c2ccc(C(=O)O)cc2)C1.Cl. The highest BCUT2D eigenvalue weighted by atomic mass is 35.5. The van der Waals surface area contributed by atoms with E-state index in [-0.39, 0.29) is 24.6 Å². The van der Waals surface area contributed by atoms with Gasteiger partial charge in [-0.1, -0.05) is 12.1 Å². The van der Waals surface area contributed by atoms with E-state index >= 15 is 0 Å². The first-order valence-corrected chi connectivity index (χ1v) is 10.8. The number of likely N-dealkylation sites (tertiary alicyclic amines) is 1. The van der Waals surface area contributed by atoms with Gasteiger partial charge in [-0.05, 0) is 62.1 Å². The Labute approximate surface area is 194 Å². The molecule has 0 radical (unpaired) electrons. The van der Waals surface area contributed by atoms with Crippen LogP contribution in [0.4, 0.5) is 0 Å². The molecule has 4 rings (SSSR count). The van der Waals surface area contributed by atoms with Crippen molar-refractivity contribution in [2.24, 2.45) is 0 Å². The summed E-state index contributed by atoms with van der Waals surface area (Å²) in [6, 6.07) is 11.6. The molecular formula is C25H31ClN2O4. The zero-order valence-corrected chi connectivity index (χ0v) is 19.6. The quantitative estimate of drug-likeness (QED) is 0.499. The number of halogens is 1. The predicted octanol–water partition coefficient (Wildman–Crippen LogP) is 5.35. The maximum absolute atomic E-state index is 11.3. The van der Waals surface area contributed by atoms with E-state index in [1.54, 1.807) is 19.2 Å². The summed E-state index contributed by atoms with van der Waals surface area (Å²) in [5.41, 5.74) is 4.90. The Bertz CT molecular complexity index is 1060. The molecule has 3 aromatic rings. The minimum absolute atomic E-state index is 0. The lowest BCUT2D eigenvalue weighted by molar-refractivity contribution is -0.0138. The van der Waals surface area contributed by atoms with Crippen LogP contribution in [0.3, 0.4) is 0 Å². The van der Waals surface area contributed by atoms with Crippen molar-refractivity contribution in [2.75, 3.05) is 20.3 Å². The van der Waals surface area contributed by atoms with Crippen LogP contribution in [0.25, 0.3) is 10.9 Å². The van der Waals surface area contributed by atoms with Crippen LogP contribution >= 0.6 is 12.4 Å². The Morgan fingerprint density at radius 3 is 2.66 bits per heavy atom. The summed E-state index contributed by atoms with van der Waals surface area (Å²) in [5, 5.41) is 10.4. The van der Waals surface area contributed by atoms with E-state index in [9.17, 15) is 9.90 Å². The Balaban J connectivity index is 0.00000289. The Hall–Kier alpha value is -2.54. The monoisotopic (exact) mass is 458 g/mol. The fourth-order valence-corrected chi connectivity index (χ4v) is 4.74. The minimum Gasteiger partial charge on any atom is -0.496 e. The zero-order valence-electron chi connectivity index (χ0n) is 18.8. The van der Waals surface area contributed by atoms with Crippen LogP contribution in [-0.2, 0) is 11.3 Å². The molecule has 0 aliphatic carbocycles. The van der Waals surface area contributed by atoms with Crippen molar-refractivity contribution in [3.63, 3.8) is 0 Å². The molecule has 2 atom stereocenters. The molecule has 1 saturated heterocycles. The van der Waals surface area contributed by atoms with Gasteiger partial charge in [0.25, 0.3) is 0 Å². The molecule has 2 N–H and O–H groups in total. The number of carboxylic acid groups (broad SMARTS) is 1. The molecule has 7 heteroatoms. The third kappa shape index (κ3) is 4.77. The number of aryl methyl sites for hydroxylation is 1. The highest BCUT2D eigenvalue weighted by Crippen LogP contribution is 2.37. The number of nitrogens with zero attached hydrogens (tertiary/aromatic N) is 1. The van der Waals surface area contributed by atoms with Crippen LogP contribution in [0.2, 0.25) is 0 Å². The lowest BCUT2D eigenvalue weighted by Crippen LogP contribution is -2.39. The van der Waals surface area contributed by atoms with E-state index in [0.29, 0.717) is 12.2 Å². The third-order valence-electron chi connectivity index (χ3n) is 6.30. The van der Waals surface area contributed by atoms with Crippen molar-refractivity contribution in [3.05, 3.63) is 64.8 Å². The fourth-order valence-electron chi connectivity index (χ4n) is 4.74. The number of hydrogen-bond donors (Lipinski definition) is 2. The molecule has 2 unspecified atom stereocenters. The minimum atomic E-state index is -0.904. The molecule has 6 nitrogen and oxygen atoms in total. The maximum atomic E-state index is 11.3. The highest BCUT2D eigenvalue weighted by Gasteiger charge is 2.31. The topological polar surface area (TPSA) is 74.8 Å². The van der Waals surface area contributed by atoms with Crippen LogP contribution in [0.1, 0.15) is 52.9 Å². The second-order valence-corrected chi connectivity index (χ2v) is 8.16. The Morgan fingerprint density at radius 2 is 2.00 bits per heavy atom. The zero-order chi connectivity index (χ0) is 22.0. The molecule has 0 saturated carbocycles. The Morgan fingerprint density at radius 1 is 1.25 bits per heavy atom. The number of aromatic nitrogens is 1. The molecule has 2 heterocycles. The number of fused-ring (bicyclic) bond motifs is 1. The number of carboxylic acids is 1. The van der Waals surface area contributed by atoms with Gasteiger partial charge in [-0.3, -0.25) is 4.90 Å². The van der Waals surface area contributed by atoms with Crippen LogP contribution in [0.5, 0.6) is 5.75 Å². The predicted molar refractivity (Wildman–Crippen MR) is 128 cm³/mol. The highest BCUT2D eigenvalue weighted by molar-refractivity contribution is 5.88. The van der Waals surface area contributed by atoms with Gasteiger partial charge in [0.15, 0.2) is 0 Å². The van der Waals surface area contributed by atoms with Gasteiger partial charge in [-0.25, -0.2) is 4.79 Å². The number of piperidine rings is 1. The number of H-pyrrole nitrogens is 1. The normalized spacial score (nSPS) is 19.0. The van der Waals surface area contributed by atoms with Crippen LogP contribution in [0, 0.1) is 6.92 Å². The molecule has 172 valence electrons. The van der Waals surface area contributed by atoms with E-state index < -0.39 is 5.97 Å². The van der Waals surface area contributed by atoms with E-state index in [2.05, 4.69) is 28.9 Å². The number of methoxy groups -OCH3 is 1. The number of carbonyl (C=O) groups is 1. The fraction of sp³-hybridized carbons (Fsp3) is 0.400. The van der Waals surface area contributed by atoms with Gasteiger partial charge in [0, 0.05) is 48.4 Å². The smallest absolute Gasteiger partial charge is 0.335 e. The summed E-state index contributed by atoms with van der Waals surface area (Å²) in [5.74, 6) is -0.00464. The van der Waals surface area contributed by atoms with Gasteiger partial charge >= 0.3 is 5.97 Å².